The second-order valence-corrected chi connectivity index (χ2v) is 7.78. The quantitative estimate of drug-likeness (QED) is 0.591. The van der Waals surface area contributed by atoms with Gasteiger partial charge in [0.25, 0.3) is 5.91 Å². The van der Waals surface area contributed by atoms with E-state index in [0.717, 1.165) is 51.3 Å². The molecule has 0 aromatic heterocycles. The molecule has 7 heteroatoms. The van der Waals surface area contributed by atoms with Gasteiger partial charge in [-0.15, -0.1) is 0 Å². The lowest BCUT2D eigenvalue weighted by atomic mass is 10.1. The Morgan fingerprint density at radius 3 is 2.69 bits per heavy atom. The van der Waals surface area contributed by atoms with Crippen LogP contribution in [0.5, 0.6) is 5.75 Å². The van der Waals surface area contributed by atoms with Crippen molar-refractivity contribution in [1.29, 1.82) is 0 Å². The van der Waals surface area contributed by atoms with Crippen LogP contribution in [0.3, 0.4) is 0 Å². The fourth-order valence-corrected chi connectivity index (χ4v) is 3.62. The van der Waals surface area contributed by atoms with Crippen molar-refractivity contribution in [2.45, 2.75) is 19.4 Å². The van der Waals surface area contributed by atoms with Crippen LogP contribution < -0.4 is 10.1 Å². The van der Waals surface area contributed by atoms with Crippen molar-refractivity contribution in [3.05, 3.63) is 63.6 Å². The average molecular weight is 437 g/mol. The summed E-state index contributed by atoms with van der Waals surface area (Å²) in [7, 11) is 0. The topological polar surface area (TPSA) is 50.8 Å². The van der Waals surface area contributed by atoms with Crippen LogP contribution in [0.2, 0.25) is 10.0 Å². The highest BCUT2D eigenvalue weighted by Gasteiger charge is 2.13. The second kappa shape index (κ2) is 11.4. The molecule has 1 aliphatic heterocycles. The number of hydrogen-bond acceptors (Lipinski definition) is 4. The van der Waals surface area contributed by atoms with E-state index in [0.29, 0.717) is 27.9 Å². The molecule has 1 aliphatic rings. The summed E-state index contributed by atoms with van der Waals surface area (Å²) in [6.07, 6.45) is 1.99. The Hall–Kier alpha value is -1.79. The van der Waals surface area contributed by atoms with E-state index in [1.807, 2.05) is 18.2 Å². The third kappa shape index (κ3) is 6.89. The molecule has 2 aromatic rings. The van der Waals surface area contributed by atoms with Crippen LogP contribution in [0.25, 0.3) is 0 Å². The monoisotopic (exact) mass is 436 g/mol. The first-order valence-corrected chi connectivity index (χ1v) is 10.6. The largest absolute Gasteiger partial charge is 0.488 e. The van der Waals surface area contributed by atoms with E-state index in [1.165, 1.54) is 0 Å². The predicted molar refractivity (Wildman–Crippen MR) is 116 cm³/mol. The lowest BCUT2D eigenvalue weighted by Gasteiger charge is -2.26. The number of halogens is 2. The van der Waals surface area contributed by atoms with Crippen LogP contribution in [0.1, 0.15) is 28.8 Å². The van der Waals surface area contributed by atoms with E-state index in [9.17, 15) is 4.79 Å². The number of unbranched alkanes of at least 4 members (excludes halogenated alkanes) is 1. The minimum atomic E-state index is -0.130. The van der Waals surface area contributed by atoms with Crippen molar-refractivity contribution in [3.63, 3.8) is 0 Å². The number of morpholine rings is 1. The highest BCUT2D eigenvalue weighted by atomic mass is 35.5. The molecule has 1 heterocycles. The molecule has 1 amide bonds. The van der Waals surface area contributed by atoms with Gasteiger partial charge in [-0.1, -0.05) is 41.4 Å². The van der Waals surface area contributed by atoms with Gasteiger partial charge in [-0.3, -0.25) is 9.69 Å². The SMILES string of the molecule is O=C(NCCCCN1CCOCC1)c1ccccc1OCc1ccc(Cl)cc1Cl. The van der Waals surface area contributed by atoms with Crippen LogP contribution in [-0.4, -0.2) is 50.2 Å². The Kier molecular flexibility index (Phi) is 8.62. The minimum Gasteiger partial charge on any atom is -0.488 e. The summed E-state index contributed by atoms with van der Waals surface area (Å²) in [4.78, 5) is 15.0. The molecule has 0 saturated carbocycles. The van der Waals surface area contributed by atoms with E-state index < -0.39 is 0 Å². The van der Waals surface area contributed by atoms with Gasteiger partial charge in [0.2, 0.25) is 0 Å². The minimum absolute atomic E-state index is 0.130. The van der Waals surface area contributed by atoms with E-state index in [4.69, 9.17) is 32.7 Å². The number of ether oxygens (including phenoxy) is 2. The van der Waals surface area contributed by atoms with Crippen LogP contribution in [0, 0.1) is 0 Å². The summed E-state index contributed by atoms with van der Waals surface area (Å²) in [5.74, 6) is 0.401. The van der Waals surface area contributed by atoms with Gasteiger partial charge in [0.05, 0.1) is 18.8 Å². The summed E-state index contributed by atoms with van der Waals surface area (Å²) >= 11 is 12.1. The van der Waals surface area contributed by atoms with Crippen molar-refractivity contribution in [1.82, 2.24) is 10.2 Å². The van der Waals surface area contributed by atoms with Crippen molar-refractivity contribution < 1.29 is 14.3 Å². The van der Waals surface area contributed by atoms with Gasteiger partial charge in [0, 0.05) is 35.2 Å². The Morgan fingerprint density at radius 2 is 1.90 bits per heavy atom. The van der Waals surface area contributed by atoms with Crippen molar-refractivity contribution in [3.8, 4) is 5.75 Å². The molecule has 2 aromatic carbocycles. The number of carbonyl (C=O) groups excluding carboxylic acids is 1. The van der Waals surface area contributed by atoms with E-state index >= 15 is 0 Å². The number of nitrogens with zero attached hydrogens (tertiary/aromatic N) is 1. The Labute approximate surface area is 181 Å². The maximum Gasteiger partial charge on any atom is 0.255 e. The highest BCUT2D eigenvalue weighted by molar-refractivity contribution is 6.35. The Bertz CT molecular complexity index is 810. The maximum atomic E-state index is 12.6. The molecule has 0 atom stereocenters. The van der Waals surface area contributed by atoms with Crippen LogP contribution in [-0.2, 0) is 11.3 Å². The van der Waals surface area contributed by atoms with Crippen molar-refractivity contribution in [2.75, 3.05) is 39.4 Å². The van der Waals surface area contributed by atoms with Gasteiger partial charge in [0.1, 0.15) is 12.4 Å². The molecule has 1 N–H and O–H groups in total. The zero-order chi connectivity index (χ0) is 20.5. The first-order valence-electron chi connectivity index (χ1n) is 9.87. The van der Waals surface area contributed by atoms with E-state index in [1.54, 1.807) is 24.3 Å². The number of benzene rings is 2. The molecule has 156 valence electrons. The molecule has 0 bridgehead atoms. The summed E-state index contributed by atoms with van der Waals surface area (Å²) in [6, 6.07) is 12.5. The molecule has 1 saturated heterocycles. The molecule has 5 nitrogen and oxygen atoms in total. The summed E-state index contributed by atoms with van der Waals surface area (Å²) in [5.41, 5.74) is 1.33. The summed E-state index contributed by atoms with van der Waals surface area (Å²) < 4.78 is 11.2. The molecule has 0 spiro atoms. The Morgan fingerprint density at radius 1 is 1.10 bits per heavy atom. The fourth-order valence-electron chi connectivity index (χ4n) is 3.16. The molecular weight excluding hydrogens is 411 g/mol. The third-order valence-electron chi connectivity index (χ3n) is 4.82. The second-order valence-electron chi connectivity index (χ2n) is 6.94. The van der Waals surface area contributed by atoms with Crippen molar-refractivity contribution >= 4 is 29.1 Å². The first-order chi connectivity index (χ1) is 14.1. The summed E-state index contributed by atoms with van der Waals surface area (Å²) in [5, 5.41) is 4.11. The lowest BCUT2D eigenvalue weighted by molar-refractivity contribution is 0.0372. The van der Waals surface area contributed by atoms with Crippen molar-refractivity contribution in [2.24, 2.45) is 0 Å². The molecule has 1 fully saturated rings. The third-order valence-corrected chi connectivity index (χ3v) is 5.41. The highest BCUT2D eigenvalue weighted by Crippen LogP contribution is 2.24. The van der Waals surface area contributed by atoms with Gasteiger partial charge >= 0.3 is 0 Å². The molecular formula is C22H26Cl2N2O3. The van der Waals surface area contributed by atoms with Gasteiger partial charge in [0.15, 0.2) is 0 Å². The number of carbonyl (C=O) groups is 1. The van der Waals surface area contributed by atoms with Gasteiger partial charge in [-0.25, -0.2) is 0 Å². The number of para-hydroxylation sites is 1. The van der Waals surface area contributed by atoms with E-state index in [2.05, 4.69) is 10.2 Å². The van der Waals surface area contributed by atoms with Crippen LogP contribution in [0.4, 0.5) is 0 Å². The van der Waals surface area contributed by atoms with Crippen LogP contribution in [0.15, 0.2) is 42.5 Å². The fraction of sp³-hybridized carbons (Fsp3) is 0.409. The smallest absolute Gasteiger partial charge is 0.255 e. The van der Waals surface area contributed by atoms with Gasteiger partial charge in [-0.2, -0.15) is 0 Å². The molecule has 3 rings (SSSR count). The zero-order valence-corrected chi connectivity index (χ0v) is 17.8. The standard InChI is InChI=1S/C22H26Cl2N2O3/c23-18-8-7-17(20(24)15-18)16-29-21-6-2-1-5-19(21)22(27)25-9-3-4-10-26-11-13-28-14-12-26/h1-2,5-8,15H,3-4,9-14,16H2,(H,25,27). The molecule has 0 unspecified atom stereocenters. The van der Waals surface area contributed by atoms with Gasteiger partial charge < -0.3 is 14.8 Å². The number of rotatable bonds is 9. The number of amides is 1. The van der Waals surface area contributed by atoms with Crippen LogP contribution >= 0.6 is 23.2 Å². The average Bonchev–Trinajstić information content (AvgIpc) is 2.74. The predicted octanol–water partition coefficient (Wildman–Crippen LogP) is 4.41. The van der Waals surface area contributed by atoms with Gasteiger partial charge in [-0.05, 0) is 43.7 Å². The number of nitrogens with one attached hydrogen (secondary N) is 1. The summed E-state index contributed by atoms with van der Waals surface area (Å²) in [6.45, 7) is 5.56. The zero-order valence-electron chi connectivity index (χ0n) is 16.3. The van der Waals surface area contributed by atoms with E-state index in [-0.39, 0.29) is 12.5 Å². The number of hydrogen-bond donors (Lipinski definition) is 1. The Balaban J connectivity index is 1.46. The maximum absolute atomic E-state index is 12.6. The molecule has 0 radical (unpaired) electrons. The lowest BCUT2D eigenvalue weighted by Crippen LogP contribution is -2.37. The normalized spacial score (nSPS) is 14.6. The molecule has 29 heavy (non-hydrogen) atoms. The first kappa shape index (κ1) is 21.9. The molecule has 0 aliphatic carbocycles.